The smallest absolute Gasteiger partial charge is 0.426 e. The first kappa shape index (κ1) is 35.9. The molecule has 9 nitrogen and oxygen atoms in total. The second kappa shape index (κ2) is 14.3. The number of anilines is 1. The highest BCUT2D eigenvalue weighted by Gasteiger charge is 2.61. The Hall–Kier alpha value is -4.53. The maximum absolute atomic E-state index is 14.8. The quantitative estimate of drug-likeness (QED) is 0.111. The summed E-state index contributed by atoms with van der Waals surface area (Å²) in [6.07, 6.45) is -10.3. The van der Waals surface area contributed by atoms with Gasteiger partial charge in [-0.25, -0.2) is 9.78 Å². The van der Waals surface area contributed by atoms with E-state index in [2.05, 4.69) is 33.7 Å². The van der Waals surface area contributed by atoms with E-state index < -0.39 is 89.3 Å². The van der Waals surface area contributed by atoms with Crippen LogP contribution < -0.4 is 5.32 Å². The number of allylic oxidation sites excluding steroid dienone is 2. The van der Waals surface area contributed by atoms with Crippen LogP contribution in [0.5, 0.6) is 0 Å². The van der Waals surface area contributed by atoms with Gasteiger partial charge in [0.15, 0.2) is 11.5 Å². The fraction of sp³-hybridized carbons (Fsp3) is 0.387. The Morgan fingerprint density at radius 3 is 2.20 bits per heavy atom. The zero-order valence-electron chi connectivity index (χ0n) is 25.2. The molecular formula is C31H32F6N4O5. The molecule has 2 heterocycles. The Morgan fingerprint density at radius 2 is 1.63 bits per heavy atom. The molecule has 0 aliphatic carbocycles. The molecule has 248 valence electrons. The molecule has 46 heavy (non-hydrogen) atoms. The fourth-order valence-corrected chi connectivity index (χ4v) is 4.12. The number of benzene rings is 1. The van der Waals surface area contributed by atoms with Crippen molar-refractivity contribution < 1.29 is 49.8 Å². The number of carbonyl (C=O) groups is 2. The number of ether oxygens (including phenoxy) is 2. The topological polar surface area (TPSA) is 116 Å². The van der Waals surface area contributed by atoms with E-state index in [4.69, 9.17) is 13.9 Å². The van der Waals surface area contributed by atoms with E-state index in [-0.39, 0.29) is 12.8 Å². The lowest BCUT2D eigenvalue weighted by Gasteiger charge is -2.32. The first-order valence-electron chi connectivity index (χ1n) is 13.9. The van der Waals surface area contributed by atoms with E-state index >= 15 is 0 Å². The van der Waals surface area contributed by atoms with Crippen LogP contribution in [-0.4, -0.2) is 38.8 Å². The van der Waals surface area contributed by atoms with Crippen molar-refractivity contribution in [3.8, 4) is 11.6 Å². The highest BCUT2D eigenvalue weighted by atomic mass is 19.4. The summed E-state index contributed by atoms with van der Waals surface area (Å²) >= 11 is 0. The number of amides is 1. The summed E-state index contributed by atoms with van der Waals surface area (Å²) in [7, 11) is 0. The number of rotatable bonds is 13. The molecule has 0 saturated heterocycles. The number of alkyl halides is 6. The average molecular weight is 655 g/mol. The Balaban J connectivity index is 2.24. The maximum Gasteiger partial charge on any atom is 0.426 e. The predicted octanol–water partition coefficient (Wildman–Crippen LogP) is 8.59. The van der Waals surface area contributed by atoms with Crippen molar-refractivity contribution in [3.05, 3.63) is 84.4 Å². The van der Waals surface area contributed by atoms with Crippen LogP contribution in [0.4, 0.5) is 36.8 Å². The highest BCUT2D eigenvalue weighted by molar-refractivity contribution is 5.98. The van der Waals surface area contributed by atoms with Gasteiger partial charge >= 0.3 is 18.4 Å². The number of Topliss-reactive ketones (excluding diaryl/α,β-unsaturated/α-hetero) is 1. The van der Waals surface area contributed by atoms with Crippen molar-refractivity contribution in [2.45, 2.75) is 76.6 Å². The number of halogens is 6. The number of nitrogens with one attached hydrogen (secondary N) is 1. The van der Waals surface area contributed by atoms with E-state index in [1.54, 1.807) is 30.3 Å². The monoisotopic (exact) mass is 654 g/mol. The third-order valence-corrected chi connectivity index (χ3v) is 6.26. The lowest BCUT2D eigenvalue weighted by atomic mass is 9.96. The van der Waals surface area contributed by atoms with Crippen molar-refractivity contribution in [3.63, 3.8) is 0 Å². The van der Waals surface area contributed by atoms with Crippen molar-refractivity contribution >= 4 is 17.6 Å². The zero-order chi connectivity index (χ0) is 34.3. The number of hydrogen-bond donors (Lipinski definition) is 1. The van der Waals surface area contributed by atoms with E-state index in [0.717, 1.165) is 0 Å². The summed E-state index contributed by atoms with van der Waals surface area (Å²) in [4.78, 5) is 29.3. The molecule has 1 unspecified atom stereocenters. The SMILES string of the molecule is C=CCCC(=O)c1nc(-c2nnc(C(CCC=C)(OCc3ccccc3)C(F)(F)F)o2)c(NC(=O)OC(C)(C)C)cc1C(F)(F)F. The van der Waals surface area contributed by atoms with Gasteiger partial charge in [-0.15, -0.1) is 23.4 Å². The number of aromatic nitrogens is 3. The summed E-state index contributed by atoms with van der Waals surface area (Å²) in [5.74, 6) is -2.97. The molecule has 1 aromatic carbocycles. The van der Waals surface area contributed by atoms with Crippen LogP contribution in [0.15, 0.2) is 66.1 Å². The average Bonchev–Trinajstić information content (AvgIpc) is 3.44. The van der Waals surface area contributed by atoms with Gasteiger partial charge in [-0.05, 0) is 51.7 Å². The van der Waals surface area contributed by atoms with Crippen LogP contribution in [0.2, 0.25) is 0 Å². The summed E-state index contributed by atoms with van der Waals surface area (Å²) < 4.78 is 103. The third kappa shape index (κ3) is 8.80. The number of nitrogens with zero attached hydrogens (tertiary/aromatic N) is 3. The van der Waals surface area contributed by atoms with Crippen molar-refractivity contribution in [2.24, 2.45) is 0 Å². The maximum atomic E-state index is 14.8. The Labute approximate surface area is 260 Å². The van der Waals surface area contributed by atoms with E-state index in [0.29, 0.717) is 11.6 Å². The van der Waals surface area contributed by atoms with Gasteiger partial charge in [0.05, 0.1) is 17.9 Å². The molecule has 0 radical (unpaired) electrons. The molecule has 0 bridgehead atoms. The first-order valence-corrected chi connectivity index (χ1v) is 13.9. The highest BCUT2D eigenvalue weighted by Crippen LogP contribution is 2.47. The van der Waals surface area contributed by atoms with E-state index in [1.165, 1.54) is 32.9 Å². The molecule has 1 N–H and O–H groups in total. The van der Waals surface area contributed by atoms with Gasteiger partial charge < -0.3 is 13.9 Å². The number of carbonyl (C=O) groups excluding carboxylic acids is 2. The molecule has 0 aliphatic heterocycles. The Bertz CT molecular complexity index is 1550. The normalized spacial score (nSPS) is 13.5. The molecule has 1 amide bonds. The van der Waals surface area contributed by atoms with Gasteiger partial charge in [-0.2, -0.15) is 26.3 Å². The Morgan fingerprint density at radius 1 is 0.978 bits per heavy atom. The van der Waals surface area contributed by atoms with Crippen LogP contribution in [0.3, 0.4) is 0 Å². The Kier molecular flexibility index (Phi) is 11.2. The minimum Gasteiger partial charge on any atom is -0.444 e. The molecule has 3 aromatic rings. The molecule has 15 heteroatoms. The van der Waals surface area contributed by atoms with E-state index in [1.807, 2.05) is 0 Å². The summed E-state index contributed by atoms with van der Waals surface area (Å²) in [6.45, 7) is 10.9. The molecule has 0 aliphatic rings. The zero-order valence-corrected chi connectivity index (χ0v) is 25.2. The van der Waals surface area contributed by atoms with Crippen LogP contribution in [0, 0.1) is 0 Å². The predicted molar refractivity (Wildman–Crippen MR) is 155 cm³/mol. The number of pyridine rings is 1. The third-order valence-electron chi connectivity index (χ3n) is 6.26. The molecule has 0 fully saturated rings. The fourth-order valence-electron chi connectivity index (χ4n) is 4.12. The van der Waals surface area contributed by atoms with Crippen molar-refractivity contribution in [1.29, 1.82) is 0 Å². The molecular weight excluding hydrogens is 622 g/mol. The van der Waals surface area contributed by atoms with E-state index in [9.17, 15) is 35.9 Å². The minimum absolute atomic E-state index is 0.00587. The van der Waals surface area contributed by atoms with Gasteiger partial charge in [0.2, 0.25) is 5.60 Å². The van der Waals surface area contributed by atoms with Crippen molar-refractivity contribution in [2.75, 3.05) is 5.32 Å². The summed E-state index contributed by atoms with van der Waals surface area (Å²) in [6, 6.07) is 8.35. The van der Waals surface area contributed by atoms with Gasteiger partial charge in [0, 0.05) is 6.42 Å². The van der Waals surface area contributed by atoms with Crippen LogP contribution in [0.25, 0.3) is 11.6 Å². The first-order chi connectivity index (χ1) is 21.4. The van der Waals surface area contributed by atoms with Crippen LogP contribution in [0.1, 0.15) is 74.0 Å². The van der Waals surface area contributed by atoms with Crippen molar-refractivity contribution in [1.82, 2.24) is 15.2 Å². The summed E-state index contributed by atoms with van der Waals surface area (Å²) in [5, 5.41) is 9.31. The van der Waals surface area contributed by atoms with Crippen LogP contribution in [-0.2, 0) is 27.9 Å². The largest absolute Gasteiger partial charge is 0.444 e. The second-order valence-corrected chi connectivity index (χ2v) is 11.0. The molecule has 1 atom stereocenters. The lowest BCUT2D eigenvalue weighted by molar-refractivity contribution is -0.299. The molecule has 2 aromatic heterocycles. The second-order valence-electron chi connectivity index (χ2n) is 11.0. The van der Waals surface area contributed by atoms with Gasteiger partial charge in [0.25, 0.3) is 11.8 Å². The van der Waals surface area contributed by atoms with Gasteiger partial charge in [0.1, 0.15) is 11.3 Å². The molecule has 3 rings (SSSR count). The van der Waals surface area contributed by atoms with Gasteiger partial charge in [-0.3, -0.25) is 10.1 Å². The summed E-state index contributed by atoms with van der Waals surface area (Å²) in [5.41, 5.74) is -7.89. The molecule has 0 saturated carbocycles. The standard InChI is InChI=1S/C31H32F6N4O5/c1-6-8-15-22(42)23-20(30(32,33)34)17-21(38-27(43)46-28(3,4)5)24(39-23)25-40-41-26(45-25)29(16-9-7-2,31(35,36)37)44-18-19-13-11-10-12-14-19/h6-7,10-14,17H,1-2,8-9,15-16,18H2,3-5H3,(H,38,43). The number of hydrogen-bond acceptors (Lipinski definition) is 8. The number of ketones is 1. The minimum atomic E-state index is -5.13. The molecule has 0 spiro atoms. The van der Waals surface area contributed by atoms with Gasteiger partial charge in [-0.1, -0.05) is 42.5 Å². The lowest BCUT2D eigenvalue weighted by Crippen LogP contribution is -2.45. The van der Waals surface area contributed by atoms with Crippen LogP contribution >= 0.6 is 0 Å².